The number of aromatic nitrogens is 2. The molecule has 90 heavy (non-hydrogen) atoms. The van der Waals surface area contributed by atoms with Gasteiger partial charge < -0.3 is 80.8 Å². The molecular formula is C62H97N13O14P+. The molecule has 28 heteroatoms. The highest BCUT2D eigenvalue weighted by Gasteiger charge is 2.68. The highest BCUT2D eigenvalue weighted by Crippen LogP contribution is 2.62. The van der Waals surface area contributed by atoms with E-state index in [1.54, 1.807) is 10.9 Å². The van der Waals surface area contributed by atoms with Crippen LogP contribution in [0.3, 0.4) is 0 Å². The summed E-state index contributed by atoms with van der Waals surface area (Å²) < 4.78 is 32.4. The number of fused-ring (bicyclic) bond motifs is 10. The van der Waals surface area contributed by atoms with Crippen molar-refractivity contribution in [2.24, 2.45) is 79.7 Å². The van der Waals surface area contributed by atoms with Crippen molar-refractivity contribution in [2.75, 3.05) is 13.2 Å². The van der Waals surface area contributed by atoms with Gasteiger partial charge in [-0.2, -0.15) is 4.57 Å². The van der Waals surface area contributed by atoms with Crippen molar-refractivity contribution in [3.8, 4) is 0 Å². The molecule has 498 valence electrons. The lowest BCUT2D eigenvalue weighted by Crippen LogP contribution is -2.64. The van der Waals surface area contributed by atoms with Gasteiger partial charge >= 0.3 is 7.82 Å². The molecule has 5 saturated heterocycles. The highest BCUT2D eigenvalue weighted by atomic mass is 31.2. The number of phosphoric acid groups is 1. The van der Waals surface area contributed by atoms with Crippen LogP contribution in [0.5, 0.6) is 0 Å². The van der Waals surface area contributed by atoms with Crippen molar-refractivity contribution in [3.63, 3.8) is 0 Å². The molecule has 0 aliphatic carbocycles. The number of nitrogens with two attached hydrogens (primary N) is 6. The molecule has 21 N–H and O–H groups in total. The van der Waals surface area contributed by atoms with Crippen LogP contribution in [0.2, 0.25) is 0 Å². The number of allylic oxidation sites excluding steroid dienone is 3. The van der Waals surface area contributed by atoms with E-state index in [0.29, 0.717) is 34.6 Å². The lowest BCUT2D eigenvalue weighted by molar-refractivity contribution is -0.743. The molecule has 0 radical (unpaired) electrons. The van der Waals surface area contributed by atoms with Gasteiger partial charge in [0.1, 0.15) is 18.3 Å². The number of aliphatic hydroxyl groups excluding tert-OH is 2. The van der Waals surface area contributed by atoms with Gasteiger partial charge in [-0.05, 0) is 125 Å². The molecule has 6 aliphatic heterocycles. The Morgan fingerprint density at radius 2 is 1.37 bits per heavy atom. The SMILES string of the molecule is C/C1=C2/N[C@H]([C@H](CC(N)=O)[C@@]2(C)CCC(=O)NC[C@@H](C)OP(=O)(O)O[C@H]2[C@@H](O)[C@@H]([n+]3c[nH]c4cc(C)c(C)cc43)O[C@@H]2CO)[C@]2(C)N[C@@H](/C(C)=C3\N/C(=C\C4NC1[C@@H](CCC(N)=O)C4(C)C)[C@@H](CCC(N)=O)[C@]3(C)CC(N)=O)[C@@H](CCC(N)=O)[C@]2(C)CC(N)=O. The summed E-state index contributed by atoms with van der Waals surface area (Å²) in [5, 5.41) is 40.2. The molecule has 2 aromatic rings. The van der Waals surface area contributed by atoms with Crippen molar-refractivity contribution in [3.05, 3.63) is 63.9 Å². The summed E-state index contributed by atoms with van der Waals surface area (Å²) in [5.41, 5.74) is 38.0. The van der Waals surface area contributed by atoms with Gasteiger partial charge in [-0.25, -0.2) is 9.55 Å². The smallest absolute Gasteiger partial charge is 0.394 e. The Balaban J connectivity index is 1.17. The van der Waals surface area contributed by atoms with Crippen molar-refractivity contribution in [1.29, 1.82) is 0 Å². The maximum atomic E-state index is 14.4. The Bertz CT molecular complexity index is 3330. The number of aromatic amines is 1. The first-order chi connectivity index (χ1) is 41.8. The van der Waals surface area contributed by atoms with Crippen molar-refractivity contribution in [2.45, 2.75) is 207 Å². The molecule has 1 aromatic heterocycles. The monoisotopic (exact) mass is 1280 g/mol. The fraction of sp³-hybridized carbons (Fsp3) is 0.677. The van der Waals surface area contributed by atoms with E-state index >= 15 is 0 Å². The van der Waals surface area contributed by atoms with E-state index in [1.165, 1.54) is 6.92 Å². The number of amides is 7. The first kappa shape index (κ1) is 69.6. The van der Waals surface area contributed by atoms with Crippen molar-refractivity contribution >= 4 is 60.2 Å². The molecule has 8 rings (SSSR count). The van der Waals surface area contributed by atoms with Gasteiger partial charge in [-0.1, -0.05) is 34.6 Å². The fourth-order valence-corrected chi connectivity index (χ4v) is 17.8. The van der Waals surface area contributed by atoms with E-state index in [-0.39, 0.29) is 76.7 Å². The largest absolute Gasteiger partial charge is 0.472 e. The van der Waals surface area contributed by atoms with Crippen LogP contribution in [-0.4, -0.2) is 129 Å². The maximum absolute atomic E-state index is 14.4. The van der Waals surface area contributed by atoms with Gasteiger partial charge in [0, 0.05) is 126 Å². The van der Waals surface area contributed by atoms with E-state index in [0.717, 1.165) is 22.2 Å². The topological polar surface area (TPSA) is 461 Å². The summed E-state index contributed by atoms with van der Waals surface area (Å²) >= 11 is 0. The van der Waals surface area contributed by atoms with Crippen LogP contribution in [-0.2, 0) is 51.9 Å². The number of carbonyl (C=O) groups excluding carboxylic acids is 7. The number of ether oxygens (including phenoxy) is 1. The standard InChI is InChI=1S/C62H96N13O14P/c1-29-20-39-40(21-30(29)2)75(28-70-39)57-52(84)53(41(27-76)87-57)89-90(85,86)88-31(3)26-69-49(83)18-19-59(8)37(22-46(66)80)56-62(11)61(10,25-48(68)82)36(14-17-45(65)79)51(74-62)33(5)55-60(9,24-47(67)81)34(12-15-43(63)77)38(71-55)23-42-58(6,7)35(13-16-44(64)78)50(72-42)32(4)54(59)73-56/h20-21,23,28,31,34-37,41-42,50-53,56-57,71-74,76,84H,12-19,22,24-27H2,1-11H3,(H14,63,64,65,66,67,68,69,77,78,79,80,81,82,83,85,86)/p+1/b38-23-,54-32-,55-33-/t31-,34-,35-,36-,37+,41-,42?,50?,51+,52-,53-,56-,57+,59-,60+,61+,62+/m1/s1. The number of primary amides is 6. The van der Waals surface area contributed by atoms with E-state index < -0.39 is 156 Å². The van der Waals surface area contributed by atoms with E-state index in [1.807, 2.05) is 67.5 Å². The summed E-state index contributed by atoms with van der Waals surface area (Å²) in [6.07, 6.45) is -2.96. The average Bonchev–Trinajstić information content (AvgIpc) is 1.53. The van der Waals surface area contributed by atoms with E-state index in [9.17, 15) is 53.2 Å². The fourth-order valence-electron chi connectivity index (χ4n) is 16.7. The molecule has 3 unspecified atom stereocenters. The molecule has 7 heterocycles. The van der Waals surface area contributed by atoms with Crippen LogP contribution >= 0.6 is 7.82 Å². The predicted molar refractivity (Wildman–Crippen MR) is 331 cm³/mol. The highest BCUT2D eigenvalue weighted by molar-refractivity contribution is 7.47. The Labute approximate surface area is 525 Å². The van der Waals surface area contributed by atoms with E-state index in [4.69, 9.17) is 48.2 Å². The number of rotatable bonds is 26. The second-order valence-corrected chi connectivity index (χ2v) is 29.3. The first-order valence-electron chi connectivity index (χ1n) is 31.1. The quantitative estimate of drug-likeness (QED) is 0.0464. The van der Waals surface area contributed by atoms with E-state index in [2.05, 4.69) is 51.5 Å². The van der Waals surface area contributed by atoms with Crippen LogP contribution in [0.15, 0.2) is 52.8 Å². The number of nitrogens with one attached hydrogen (secondary N) is 6. The Morgan fingerprint density at radius 1 is 0.767 bits per heavy atom. The molecule has 18 atom stereocenters. The molecule has 7 amide bonds. The van der Waals surface area contributed by atoms with Gasteiger partial charge in [-0.15, -0.1) is 0 Å². The maximum Gasteiger partial charge on any atom is 0.472 e. The minimum atomic E-state index is -5.04. The summed E-state index contributed by atoms with van der Waals surface area (Å²) in [6, 6.07) is 1.38. The summed E-state index contributed by atoms with van der Waals surface area (Å²) in [4.78, 5) is 108. The van der Waals surface area contributed by atoms with Crippen molar-refractivity contribution in [1.82, 2.24) is 31.6 Å². The zero-order chi connectivity index (χ0) is 66.7. The predicted octanol–water partition coefficient (Wildman–Crippen LogP) is 1.13. The number of phosphoric ester groups is 1. The molecule has 1 aromatic carbocycles. The van der Waals surface area contributed by atoms with Crippen LogP contribution < -0.4 is 65.6 Å². The van der Waals surface area contributed by atoms with Crippen LogP contribution in [0.25, 0.3) is 11.0 Å². The minimum Gasteiger partial charge on any atom is -0.394 e. The third-order valence-electron chi connectivity index (χ3n) is 21.8. The average molecular weight is 1280 g/mol. The molecule has 0 spiro atoms. The van der Waals surface area contributed by atoms with Crippen LogP contribution in [0, 0.1) is 59.2 Å². The summed E-state index contributed by atoms with van der Waals surface area (Å²) in [6.45, 7) is 20.2. The normalized spacial score (nSPS) is 36.8. The van der Waals surface area contributed by atoms with Crippen molar-refractivity contribution < 1.29 is 71.6 Å². The Morgan fingerprint density at radius 3 is 1.97 bits per heavy atom. The third-order valence-corrected chi connectivity index (χ3v) is 22.9. The second-order valence-electron chi connectivity index (χ2n) is 28.0. The number of nitrogens with zero attached hydrogens (tertiary/aromatic N) is 1. The molecule has 5 fully saturated rings. The molecule has 27 nitrogen and oxygen atoms in total. The second kappa shape index (κ2) is 26.0. The number of hydrogen-bond acceptors (Lipinski definition) is 17. The lowest BCUT2D eigenvalue weighted by Gasteiger charge is -2.49. The van der Waals surface area contributed by atoms with Gasteiger partial charge in [0.2, 0.25) is 53.9 Å². The Hall–Kier alpha value is -6.29. The van der Waals surface area contributed by atoms with Gasteiger partial charge in [-0.3, -0.25) is 42.6 Å². The molecule has 6 aliphatic rings. The molecular weight excluding hydrogens is 1180 g/mol. The summed E-state index contributed by atoms with van der Waals surface area (Å²) in [7, 11) is -5.04. The third kappa shape index (κ3) is 13.2. The molecule has 0 saturated carbocycles. The number of aliphatic hydroxyl groups is 2. The number of benzene rings is 1. The zero-order valence-corrected chi connectivity index (χ0v) is 54.6. The van der Waals surface area contributed by atoms with Gasteiger partial charge in [0.25, 0.3) is 0 Å². The first-order valence-corrected chi connectivity index (χ1v) is 32.6. The number of aryl methyl sites for hydroxylation is 2. The zero-order valence-electron chi connectivity index (χ0n) is 53.7. The molecule has 8 bridgehead atoms. The Kier molecular flexibility index (Phi) is 20.1. The number of carbonyl (C=O) groups is 7. The summed E-state index contributed by atoms with van der Waals surface area (Å²) in [5.74, 6) is -6.23. The van der Waals surface area contributed by atoms with Gasteiger partial charge in [0.05, 0.1) is 12.7 Å². The van der Waals surface area contributed by atoms with Crippen LogP contribution in [0.1, 0.15) is 150 Å². The number of hydrogen-bond donors (Lipinski definition) is 15. The lowest BCUT2D eigenvalue weighted by atomic mass is 9.56. The minimum absolute atomic E-state index is 0.0291. The number of imidazole rings is 1. The number of H-pyrrole nitrogens is 1. The van der Waals surface area contributed by atoms with Crippen LogP contribution in [0.4, 0.5) is 0 Å². The van der Waals surface area contributed by atoms with Gasteiger partial charge in [0.15, 0.2) is 11.0 Å².